The van der Waals surface area contributed by atoms with Gasteiger partial charge in [0.2, 0.25) is 0 Å². The summed E-state index contributed by atoms with van der Waals surface area (Å²) < 4.78 is 27.3. The minimum Gasteiger partial charge on any atom is -0.259 e. The van der Waals surface area contributed by atoms with Crippen LogP contribution in [-0.4, -0.2) is 25.5 Å². The maximum Gasteiger partial charge on any atom is 0.344 e. The molecule has 5 heteroatoms. The van der Waals surface area contributed by atoms with Gasteiger partial charge in [-0.25, -0.2) is 0 Å². The van der Waals surface area contributed by atoms with Crippen molar-refractivity contribution in [3.05, 3.63) is 11.3 Å². The molecular weight excluding hydrogens is 176 g/mol. The van der Waals surface area contributed by atoms with Gasteiger partial charge in [-0.1, -0.05) is 0 Å². The Morgan fingerprint density at radius 2 is 1.75 bits per heavy atom. The molecule has 0 bridgehead atoms. The predicted octanol–water partition coefficient (Wildman–Crippen LogP) is 0.931. The lowest BCUT2D eigenvalue weighted by Crippen LogP contribution is -2.29. The fourth-order valence-corrected chi connectivity index (χ4v) is 2.06. The van der Waals surface area contributed by atoms with Crippen molar-refractivity contribution in [2.75, 3.05) is 7.05 Å². The standard InChI is InChI=1S/C7H12N2O2S/c1-5-6(2)8-12(10,11)9(4)7(5)3/h1-4H3. The number of hydrogen-bond donors (Lipinski definition) is 0. The van der Waals surface area contributed by atoms with Crippen LogP contribution in [0.15, 0.2) is 15.7 Å². The number of hydrogen-bond acceptors (Lipinski definition) is 2. The van der Waals surface area contributed by atoms with E-state index in [4.69, 9.17) is 0 Å². The first kappa shape index (κ1) is 9.25. The Balaban J connectivity index is 3.34. The van der Waals surface area contributed by atoms with E-state index < -0.39 is 10.2 Å². The summed E-state index contributed by atoms with van der Waals surface area (Å²) in [6.07, 6.45) is 0. The Morgan fingerprint density at radius 3 is 2.25 bits per heavy atom. The molecule has 0 aromatic heterocycles. The van der Waals surface area contributed by atoms with Crippen molar-refractivity contribution in [2.24, 2.45) is 4.40 Å². The van der Waals surface area contributed by atoms with Crippen molar-refractivity contribution in [2.45, 2.75) is 20.8 Å². The lowest BCUT2D eigenvalue weighted by atomic mass is 10.1. The van der Waals surface area contributed by atoms with Gasteiger partial charge in [0, 0.05) is 12.7 Å². The molecule has 0 aliphatic carbocycles. The van der Waals surface area contributed by atoms with Crippen LogP contribution in [0.3, 0.4) is 0 Å². The number of allylic oxidation sites excluding steroid dienone is 2. The molecule has 0 aromatic carbocycles. The Labute approximate surface area is 72.8 Å². The van der Waals surface area contributed by atoms with Crippen LogP contribution in [0.1, 0.15) is 20.8 Å². The van der Waals surface area contributed by atoms with Gasteiger partial charge in [-0.2, -0.15) is 8.42 Å². The van der Waals surface area contributed by atoms with Crippen LogP contribution in [0.5, 0.6) is 0 Å². The predicted molar refractivity (Wildman–Crippen MR) is 48.2 cm³/mol. The Bertz CT molecular complexity index is 365. The highest BCUT2D eigenvalue weighted by atomic mass is 32.2. The first-order valence-corrected chi connectivity index (χ1v) is 4.99. The van der Waals surface area contributed by atoms with Gasteiger partial charge in [-0.3, -0.25) is 4.31 Å². The number of nitrogens with zero attached hydrogens (tertiary/aromatic N) is 2. The first-order valence-electron chi connectivity index (χ1n) is 3.59. The lowest BCUT2D eigenvalue weighted by Gasteiger charge is -2.23. The summed E-state index contributed by atoms with van der Waals surface area (Å²) in [5.74, 6) is 0. The molecular formula is C7H12N2O2S. The van der Waals surface area contributed by atoms with Crippen LogP contribution in [-0.2, 0) is 10.2 Å². The zero-order valence-electron chi connectivity index (χ0n) is 7.62. The minimum atomic E-state index is -3.43. The van der Waals surface area contributed by atoms with Gasteiger partial charge >= 0.3 is 10.2 Å². The molecule has 0 saturated heterocycles. The summed E-state index contributed by atoms with van der Waals surface area (Å²) in [6, 6.07) is 0. The summed E-state index contributed by atoms with van der Waals surface area (Å²) in [4.78, 5) is 0. The van der Waals surface area contributed by atoms with Crippen molar-refractivity contribution >= 4 is 15.9 Å². The van der Waals surface area contributed by atoms with E-state index in [9.17, 15) is 8.42 Å². The second-order valence-electron chi connectivity index (χ2n) is 2.83. The third kappa shape index (κ3) is 1.24. The second kappa shape index (κ2) is 2.58. The highest BCUT2D eigenvalue weighted by Gasteiger charge is 2.23. The number of rotatable bonds is 0. The van der Waals surface area contributed by atoms with E-state index in [1.54, 1.807) is 13.8 Å². The average Bonchev–Trinajstić information content (AvgIpc) is 1.97. The summed E-state index contributed by atoms with van der Waals surface area (Å²) in [7, 11) is -1.93. The quantitative estimate of drug-likeness (QED) is 0.568. The van der Waals surface area contributed by atoms with Gasteiger partial charge in [0.15, 0.2) is 0 Å². The molecule has 1 rings (SSSR count). The third-order valence-corrected chi connectivity index (χ3v) is 3.63. The van der Waals surface area contributed by atoms with Crippen molar-refractivity contribution in [1.29, 1.82) is 0 Å². The van der Waals surface area contributed by atoms with Crippen LogP contribution in [0.2, 0.25) is 0 Å². The largest absolute Gasteiger partial charge is 0.344 e. The molecule has 1 heterocycles. The highest BCUT2D eigenvalue weighted by molar-refractivity contribution is 7.88. The topological polar surface area (TPSA) is 49.7 Å². The molecule has 68 valence electrons. The smallest absolute Gasteiger partial charge is 0.259 e. The van der Waals surface area contributed by atoms with Crippen LogP contribution in [0.25, 0.3) is 0 Å². The van der Waals surface area contributed by atoms with Crippen molar-refractivity contribution in [3.63, 3.8) is 0 Å². The molecule has 1 aliphatic rings. The molecule has 0 amide bonds. The fourth-order valence-electron chi connectivity index (χ4n) is 0.974. The normalized spacial score (nSPS) is 22.7. The molecule has 0 unspecified atom stereocenters. The highest BCUT2D eigenvalue weighted by Crippen LogP contribution is 2.20. The maximum absolute atomic E-state index is 11.3. The first-order chi connectivity index (χ1) is 5.36. The van der Waals surface area contributed by atoms with Crippen molar-refractivity contribution < 1.29 is 8.42 Å². The molecule has 4 nitrogen and oxygen atoms in total. The van der Waals surface area contributed by atoms with Crippen molar-refractivity contribution in [1.82, 2.24) is 4.31 Å². The van der Waals surface area contributed by atoms with Gasteiger partial charge in [0.05, 0.1) is 5.71 Å². The zero-order chi connectivity index (χ0) is 9.52. The average molecular weight is 188 g/mol. The van der Waals surface area contributed by atoms with Gasteiger partial charge < -0.3 is 0 Å². The third-order valence-electron chi connectivity index (χ3n) is 2.16. The van der Waals surface area contributed by atoms with E-state index >= 15 is 0 Å². The van der Waals surface area contributed by atoms with Gasteiger partial charge in [-0.05, 0) is 26.3 Å². The van der Waals surface area contributed by atoms with Gasteiger partial charge in [-0.15, -0.1) is 4.40 Å². The van der Waals surface area contributed by atoms with E-state index in [0.717, 1.165) is 11.3 Å². The van der Waals surface area contributed by atoms with E-state index in [-0.39, 0.29) is 0 Å². The molecule has 0 fully saturated rings. The second-order valence-corrected chi connectivity index (χ2v) is 4.46. The SMILES string of the molecule is CC1=NS(=O)(=O)N(C)C(C)=C1C. The Morgan fingerprint density at radius 1 is 1.25 bits per heavy atom. The maximum atomic E-state index is 11.3. The molecule has 12 heavy (non-hydrogen) atoms. The van der Waals surface area contributed by atoms with Crippen LogP contribution in [0, 0.1) is 0 Å². The molecule has 0 aromatic rings. The molecule has 1 aliphatic heterocycles. The van der Waals surface area contributed by atoms with E-state index in [1.807, 2.05) is 6.92 Å². The summed E-state index contributed by atoms with van der Waals surface area (Å²) >= 11 is 0. The molecule has 0 spiro atoms. The van der Waals surface area contributed by atoms with Crippen LogP contribution >= 0.6 is 0 Å². The van der Waals surface area contributed by atoms with E-state index in [2.05, 4.69) is 4.40 Å². The van der Waals surface area contributed by atoms with Gasteiger partial charge in [0.1, 0.15) is 0 Å². The van der Waals surface area contributed by atoms with Crippen LogP contribution in [0.4, 0.5) is 0 Å². The molecule has 0 atom stereocenters. The minimum absolute atomic E-state index is 0.575. The Hall–Kier alpha value is -0.840. The molecule has 0 N–H and O–H groups in total. The fraction of sp³-hybridized carbons (Fsp3) is 0.571. The lowest BCUT2D eigenvalue weighted by molar-refractivity contribution is 0.522. The van der Waals surface area contributed by atoms with E-state index in [1.165, 1.54) is 11.4 Å². The Kier molecular flexibility index (Phi) is 1.99. The van der Waals surface area contributed by atoms with Crippen LogP contribution < -0.4 is 0 Å². The molecule has 0 radical (unpaired) electrons. The van der Waals surface area contributed by atoms with Gasteiger partial charge in [0.25, 0.3) is 0 Å². The molecule has 0 saturated carbocycles. The zero-order valence-corrected chi connectivity index (χ0v) is 8.44. The summed E-state index contributed by atoms with van der Waals surface area (Å²) in [5, 5.41) is 0. The monoisotopic (exact) mass is 188 g/mol. The summed E-state index contributed by atoms with van der Waals surface area (Å²) in [6.45, 7) is 5.33. The summed E-state index contributed by atoms with van der Waals surface area (Å²) in [5.41, 5.74) is 2.24. The van der Waals surface area contributed by atoms with Crippen molar-refractivity contribution in [3.8, 4) is 0 Å². The van der Waals surface area contributed by atoms with E-state index in [0.29, 0.717) is 5.71 Å².